The van der Waals surface area contributed by atoms with Crippen molar-refractivity contribution in [3.8, 4) is 0 Å². The molecule has 100 valence electrons. The maximum absolute atomic E-state index is 3.33. The van der Waals surface area contributed by atoms with E-state index in [9.17, 15) is 0 Å². The Morgan fingerprint density at radius 1 is 1.00 bits per heavy atom. The summed E-state index contributed by atoms with van der Waals surface area (Å²) in [6.45, 7) is 6.36. The summed E-state index contributed by atoms with van der Waals surface area (Å²) < 4.78 is 0. The van der Waals surface area contributed by atoms with Crippen molar-refractivity contribution in [2.75, 3.05) is 26.7 Å². The van der Waals surface area contributed by atoms with E-state index in [1.807, 2.05) is 0 Å². The predicted molar refractivity (Wildman–Crippen MR) is 74.3 cm³/mol. The van der Waals surface area contributed by atoms with Gasteiger partial charge in [-0.2, -0.15) is 0 Å². The zero-order chi connectivity index (χ0) is 12.1. The average Bonchev–Trinajstić information content (AvgIpc) is 2.56. The van der Waals surface area contributed by atoms with E-state index in [0.29, 0.717) is 0 Å². The molecule has 2 nitrogen and oxygen atoms in total. The molecule has 1 saturated heterocycles. The second-order valence-corrected chi connectivity index (χ2v) is 6.30. The number of piperidine rings is 1. The van der Waals surface area contributed by atoms with Gasteiger partial charge in [-0.15, -0.1) is 0 Å². The van der Waals surface area contributed by atoms with Crippen molar-refractivity contribution in [1.29, 1.82) is 0 Å². The minimum Gasteiger partial charge on any atom is -0.319 e. The van der Waals surface area contributed by atoms with Crippen LogP contribution in [-0.4, -0.2) is 37.6 Å². The molecular weight excluding hydrogens is 208 g/mol. The van der Waals surface area contributed by atoms with Crippen molar-refractivity contribution in [2.45, 2.75) is 57.9 Å². The van der Waals surface area contributed by atoms with Crippen molar-refractivity contribution >= 4 is 0 Å². The monoisotopic (exact) mass is 238 g/mol. The van der Waals surface area contributed by atoms with Crippen LogP contribution in [0.3, 0.4) is 0 Å². The molecule has 2 rings (SSSR count). The first-order valence-electron chi connectivity index (χ1n) is 7.68. The van der Waals surface area contributed by atoms with Crippen molar-refractivity contribution in [3.63, 3.8) is 0 Å². The summed E-state index contributed by atoms with van der Waals surface area (Å²) in [4.78, 5) is 2.80. The van der Waals surface area contributed by atoms with Crippen LogP contribution in [0.2, 0.25) is 0 Å². The molecule has 1 saturated carbocycles. The van der Waals surface area contributed by atoms with Gasteiger partial charge in [0, 0.05) is 6.04 Å². The van der Waals surface area contributed by atoms with Crippen LogP contribution < -0.4 is 5.32 Å². The van der Waals surface area contributed by atoms with Gasteiger partial charge in [-0.1, -0.05) is 19.8 Å². The molecule has 0 aromatic rings. The molecule has 2 unspecified atom stereocenters. The Balaban J connectivity index is 1.75. The Bertz CT molecular complexity index is 209. The van der Waals surface area contributed by atoms with Crippen LogP contribution in [0.25, 0.3) is 0 Å². The van der Waals surface area contributed by atoms with E-state index in [0.717, 1.165) is 17.9 Å². The maximum atomic E-state index is 3.33. The Labute approximate surface area is 107 Å². The first-order chi connectivity index (χ1) is 8.29. The fraction of sp³-hybridized carbons (Fsp3) is 1.00. The topological polar surface area (TPSA) is 15.3 Å². The summed E-state index contributed by atoms with van der Waals surface area (Å²) in [5, 5.41) is 3.33. The Morgan fingerprint density at radius 3 is 2.47 bits per heavy atom. The Kier molecular flexibility index (Phi) is 5.30. The lowest BCUT2D eigenvalue weighted by atomic mass is 9.94. The van der Waals surface area contributed by atoms with Crippen LogP contribution in [0.1, 0.15) is 51.9 Å². The fourth-order valence-corrected chi connectivity index (χ4v) is 3.64. The minimum absolute atomic E-state index is 0.912. The van der Waals surface area contributed by atoms with Gasteiger partial charge in [-0.05, 0) is 70.6 Å². The van der Waals surface area contributed by atoms with E-state index in [4.69, 9.17) is 0 Å². The van der Waals surface area contributed by atoms with Crippen LogP contribution in [0.5, 0.6) is 0 Å². The molecule has 1 N–H and O–H groups in total. The third-order valence-corrected chi connectivity index (χ3v) is 4.89. The summed E-state index contributed by atoms with van der Waals surface area (Å²) in [7, 11) is 2.08. The first kappa shape index (κ1) is 13.4. The lowest BCUT2D eigenvalue weighted by Gasteiger charge is -2.37. The van der Waals surface area contributed by atoms with E-state index >= 15 is 0 Å². The summed E-state index contributed by atoms with van der Waals surface area (Å²) >= 11 is 0. The normalized spacial score (nSPS) is 33.5. The number of nitrogens with zero attached hydrogens (tertiary/aromatic N) is 1. The minimum atomic E-state index is 0.912. The van der Waals surface area contributed by atoms with Gasteiger partial charge in [-0.3, -0.25) is 0 Å². The molecule has 1 aliphatic heterocycles. The molecule has 17 heavy (non-hydrogen) atoms. The number of hydrogen-bond acceptors (Lipinski definition) is 2. The molecule has 2 aliphatic rings. The summed E-state index contributed by atoms with van der Waals surface area (Å²) in [6, 6.07) is 0.912. The molecule has 1 aliphatic carbocycles. The SMILES string of the molecule is CNCC1CCN(C2CCCC(C)CC2)CC1. The van der Waals surface area contributed by atoms with Gasteiger partial charge < -0.3 is 10.2 Å². The highest BCUT2D eigenvalue weighted by Gasteiger charge is 2.26. The predicted octanol–water partition coefficient (Wildman–Crippen LogP) is 2.89. The highest BCUT2D eigenvalue weighted by molar-refractivity contribution is 4.81. The van der Waals surface area contributed by atoms with Gasteiger partial charge in [0.05, 0.1) is 0 Å². The average molecular weight is 238 g/mol. The molecule has 0 spiro atoms. The van der Waals surface area contributed by atoms with Crippen LogP contribution in [-0.2, 0) is 0 Å². The number of nitrogens with one attached hydrogen (secondary N) is 1. The fourth-order valence-electron chi connectivity index (χ4n) is 3.64. The van der Waals surface area contributed by atoms with Crippen LogP contribution in [0.15, 0.2) is 0 Å². The second kappa shape index (κ2) is 6.75. The van der Waals surface area contributed by atoms with E-state index in [1.165, 1.54) is 64.6 Å². The summed E-state index contributed by atoms with van der Waals surface area (Å²) in [6.07, 6.45) is 10.1. The molecule has 1 heterocycles. The standard InChI is InChI=1S/C15H30N2/c1-13-4-3-5-15(7-6-13)17-10-8-14(9-11-17)12-16-2/h13-16H,3-12H2,1-2H3. The van der Waals surface area contributed by atoms with Crippen LogP contribution in [0, 0.1) is 11.8 Å². The van der Waals surface area contributed by atoms with E-state index < -0.39 is 0 Å². The lowest BCUT2D eigenvalue weighted by Crippen LogP contribution is -2.42. The number of rotatable bonds is 3. The van der Waals surface area contributed by atoms with Gasteiger partial charge in [0.25, 0.3) is 0 Å². The first-order valence-corrected chi connectivity index (χ1v) is 7.68. The van der Waals surface area contributed by atoms with Crippen molar-refractivity contribution < 1.29 is 0 Å². The van der Waals surface area contributed by atoms with Gasteiger partial charge in [0.2, 0.25) is 0 Å². The molecule has 2 fully saturated rings. The quantitative estimate of drug-likeness (QED) is 0.761. The Morgan fingerprint density at radius 2 is 1.76 bits per heavy atom. The zero-order valence-corrected chi connectivity index (χ0v) is 11.8. The summed E-state index contributed by atoms with van der Waals surface area (Å²) in [5.74, 6) is 1.91. The highest BCUT2D eigenvalue weighted by atomic mass is 15.2. The van der Waals surface area contributed by atoms with Crippen molar-refractivity contribution in [1.82, 2.24) is 10.2 Å². The smallest absolute Gasteiger partial charge is 0.00953 e. The highest BCUT2D eigenvalue weighted by Crippen LogP contribution is 2.28. The molecule has 0 aromatic carbocycles. The van der Waals surface area contributed by atoms with Gasteiger partial charge >= 0.3 is 0 Å². The third kappa shape index (κ3) is 3.96. The van der Waals surface area contributed by atoms with E-state index in [-0.39, 0.29) is 0 Å². The van der Waals surface area contributed by atoms with Gasteiger partial charge in [0.15, 0.2) is 0 Å². The third-order valence-electron chi connectivity index (χ3n) is 4.89. The molecule has 2 heteroatoms. The molecular formula is C15H30N2. The van der Waals surface area contributed by atoms with Gasteiger partial charge in [0.1, 0.15) is 0 Å². The van der Waals surface area contributed by atoms with Crippen molar-refractivity contribution in [3.05, 3.63) is 0 Å². The Hall–Kier alpha value is -0.0800. The molecule has 0 bridgehead atoms. The van der Waals surface area contributed by atoms with Crippen LogP contribution >= 0.6 is 0 Å². The van der Waals surface area contributed by atoms with E-state index in [2.05, 4.69) is 24.2 Å². The number of likely N-dealkylation sites (tertiary alicyclic amines) is 1. The molecule has 2 atom stereocenters. The molecule has 0 radical (unpaired) electrons. The molecule has 0 aromatic heterocycles. The lowest BCUT2D eigenvalue weighted by molar-refractivity contribution is 0.121. The summed E-state index contributed by atoms with van der Waals surface area (Å²) in [5.41, 5.74) is 0. The second-order valence-electron chi connectivity index (χ2n) is 6.30. The molecule has 0 amide bonds. The zero-order valence-electron chi connectivity index (χ0n) is 11.8. The van der Waals surface area contributed by atoms with Crippen molar-refractivity contribution in [2.24, 2.45) is 11.8 Å². The van der Waals surface area contributed by atoms with Crippen LogP contribution in [0.4, 0.5) is 0 Å². The maximum Gasteiger partial charge on any atom is 0.00953 e. The number of hydrogen-bond donors (Lipinski definition) is 1. The van der Waals surface area contributed by atoms with Gasteiger partial charge in [-0.25, -0.2) is 0 Å². The largest absolute Gasteiger partial charge is 0.319 e. The van der Waals surface area contributed by atoms with E-state index in [1.54, 1.807) is 0 Å².